The van der Waals surface area contributed by atoms with Crippen molar-refractivity contribution in [1.29, 1.82) is 0 Å². The molecule has 0 saturated heterocycles. The van der Waals surface area contributed by atoms with Crippen molar-refractivity contribution in [2.24, 2.45) is 0 Å². The van der Waals surface area contributed by atoms with Crippen LogP contribution >= 0.6 is 0 Å². The van der Waals surface area contributed by atoms with Gasteiger partial charge in [-0.15, -0.1) is 0 Å². The average Bonchev–Trinajstić information content (AvgIpc) is 3.17. The van der Waals surface area contributed by atoms with Gasteiger partial charge >= 0.3 is 0 Å². The van der Waals surface area contributed by atoms with Crippen molar-refractivity contribution in [1.82, 2.24) is 0 Å². The first kappa shape index (κ1) is 19.2. The summed E-state index contributed by atoms with van der Waals surface area (Å²) in [6, 6.07) is 23.7. The van der Waals surface area contributed by atoms with Gasteiger partial charge in [0.25, 0.3) is 10.0 Å². The number of rotatable bonds is 5. The first-order valence-electron chi connectivity index (χ1n) is 9.49. The molecule has 0 unspecified atom stereocenters. The molecule has 29 heavy (non-hydrogen) atoms. The van der Waals surface area contributed by atoms with Gasteiger partial charge in [-0.1, -0.05) is 54.6 Å². The summed E-state index contributed by atoms with van der Waals surface area (Å²) in [4.78, 5) is 13.8. The molecule has 0 bridgehead atoms. The van der Waals surface area contributed by atoms with Gasteiger partial charge in [-0.2, -0.15) is 0 Å². The molecule has 4 rings (SSSR count). The van der Waals surface area contributed by atoms with Crippen molar-refractivity contribution in [3.05, 3.63) is 90.0 Å². The van der Waals surface area contributed by atoms with E-state index >= 15 is 0 Å². The number of carbonyl (C=O) groups is 1. The molecule has 3 aromatic carbocycles. The number of hydrogen-bond acceptors (Lipinski definition) is 3. The number of nitrogens with zero attached hydrogens (tertiary/aromatic N) is 2. The first-order valence-corrected chi connectivity index (χ1v) is 10.9. The van der Waals surface area contributed by atoms with E-state index in [4.69, 9.17) is 0 Å². The van der Waals surface area contributed by atoms with Crippen molar-refractivity contribution in [3.63, 3.8) is 0 Å². The van der Waals surface area contributed by atoms with Crippen LogP contribution in [0.25, 0.3) is 0 Å². The molecule has 0 spiro atoms. The largest absolute Gasteiger partial charge is 0.312 e. The molecule has 148 valence electrons. The average molecular weight is 407 g/mol. The molecule has 0 atom stereocenters. The van der Waals surface area contributed by atoms with Crippen LogP contribution in [0.1, 0.15) is 18.1 Å². The van der Waals surface area contributed by atoms with Gasteiger partial charge in [0.1, 0.15) is 0 Å². The first-order chi connectivity index (χ1) is 14.0. The lowest BCUT2D eigenvalue weighted by molar-refractivity contribution is -0.116. The van der Waals surface area contributed by atoms with Crippen LogP contribution in [-0.2, 0) is 27.8 Å². The number of fused-ring (bicyclic) bond motifs is 1. The highest BCUT2D eigenvalue weighted by Gasteiger charge is 2.29. The molecule has 0 aromatic heterocycles. The Morgan fingerprint density at radius 3 is 2.28 bits per heavy atom. The molecule has 0 N–H and O–H groups in total. The van der Waals surface area contributed by atoms with E-state index in [0.717, 1.165) is 17.5 Å². The zero-order valence-electron chi connectivity index (χ0n) is 16.2. The number of amides is 1. The predicted octanol–water partition coefficient (Wildman–Crippen LogP) is 3.99. The summed E-state index contributed by atoms with van der Waals surface area (Å²) in [6.45, 7) is 2.31. The Hall–Kier alpha value is -3.12. The third kappa shape index (κ3) is 3.76. The summed E-state index contributed by atoms with van der Waals surface area (Å²) in [5, 5.41) is 0. The fourth-order valence-corrected chi connectivity index (χ4v) is 5.11. The molecule has 1 aliphatic heterocycles. The molecule has 0 fully saturated rings. The van der Waals surface area contributed by atoms with Crippen LogP contribution in [0.2, 0.25) is 0 Å². The van der Waals surface area contributed by atoms with Crippen LogP contribution in [0.5, 0.6) is 0 Å². The molecule has 6 heteroatoms. The fraction of sp³-hybridized carbons (Fsp3) is 0.174. The molecule has 0 aliphatic carbocycles. The van der Waals surface area contributed by atoms with Crippen molar-refractivity contribution < 1.29 is 13.2 Å². The molecule has 1 amide bonds. The highest BCUT2D eigenvalue weighted by atomic mass is 32.2. The van der Waals surface area contributed by atoms with E-state index in [1.165, 1.54) is 11.2 Å². The topological polar surface area (TPSA) is 57.7 Å². The lowest BCUT2D eigenvalue weighted by Crippen LogP contribution is -2.31. The molecular weight excluding hydrogens is 384 g/mol. The number of benzene rings is 3. The Balaban J connectivity index is 1.78. The summed E-state index contributed by atoms with van der Waals surface area (Å²) >= 11 is 0. The highest BCUT2D eigenvalue weighted by Crippen LogP contribution is 2.33. The van der Waals surface area contributed by atoms with Crippen LogP contribution in [0, 0.1) is 0 Å². The number of carbonyl (C=O) groups excluding carboxylic acids is 1. The maximum Gasteiger partial charge on any atom is 0.264 e. The maximum absolute atomic E-state index is 13.6. The lowest BCUT2D eigenvalue weighted by atomic mass is 10.2. The molecular formula is C23H22N2O3S. The van der Waals surface area contributed by atoms with Crippen LogP contribution in [0.15, 0.2) is 83.8 Å². The number of para-hydroxylation sites is 1. The lowest BCUT2D eigenvalue weighted by Gasteiger charge is -2.25. The molecule has 1 aliphatic rings. The minimum absolute atomic E-state index is 0.0810. The van der Waals surface area contributed by atoms with Gasteiger partial charge in [0, 0.05) is 19.2 Å². The normalized spacial score (nSPS) is 13.2. The minimum Gasteiger partial charge on any atom is -0.312 e. The van der Waals surface area contributed by atoms with Crippen molar-refractivity contribution in [2.75, 3.05) is 15.7 Å². The molecule has 5 nitrogen and oxygen atoms in total. The van der Waals surface area contributed by atoms with Crippen LogP contribution < -0.4 is 9.21 Å². The van der Waals surface area contributed by atoms with Gasteiger partial charge in [-0.3, -0.25) is 9.10 Å². The highest BCUT2D eigenvalue weighted by molar-refractivity contribution is 7.92. The van der Waals surface area contributed by atoms with E-state index < -0.39 is 10.0 Å². The molecule has 1 heterocycles. The molecule has 0 saturated carbocycles. The van der Waals surface area contributed by atoms with Crippen molar-refractivity contribution in [2.45, 2.75) is 24.8 Å². The van der Waals surface area contributed by atoms with Gasteiger partial charge < -0.3 is 4.90 Å². The van der Waals surface area contributed by atoms with Gasteiger partial charge in [0.2, 0.25) is 5.91 Å². The Morgan fingerprint density at radius 2 is 1.62 bits per heavy atom. The summed E-state index contributed by atoms with van der Waals surface area (Å²) < 4.78 is 28.7. The monoisotopic (exact) mass is 406 g/mol. The van der Waals surface area contributed by atoms with Crippen LogP contribution in [-0.4, -0.2) is 20.9 Å². The number of anilines is 2. The van der Waals surface area contributed by atoms with Gasteiger partial charge in [0.05, 0.1) is 17.1 Å². The molecule has 0 radical (unpaired) electrons. The Morgan fingerprint density at radius 1 is 0.966 bits per heavy atom. The standard InChI is InChI=1S/C23H22N2O3S/c1-18(26)24-15-14-20-12-13-22(16-23(20)24)29(27,28)25(21-10-6-3-7-11-21)17-19-8-4-2-5-9-19/h2-13,16H,14-15,17H2,1H3. The second kappa shape index (κ2) is 7.72. The summed E-state index contributed by atoms with van der Waals surface area (Å²) in [5.41, 5.74) is 3.17. The summed E-state index contributed by atoms with van der Waals surface area (Å²) in [5.74, 6) is -0.0810. The van der Waals surface area contributed by atoms with E-state index in [-0.39, 0.29) is 17.3 Å². The Kier molecular flexibility index (Phi) is 5.11. The van der Waals surface area contributed by atoms with E-state index in [2.05, 4.69) is 0 Å². The summed E-state index contributed by atoms with van der Waals surface area (Å²) in [7, 11) is -3.83. The Labute approximate surface area is 171 Å². The van der Waals surface area contributed by atoms with Gasteiger partial charge in [-0.25, -0.2) is 8.42 Å². The minimum atomic E-state index is -3.83. The third-order valence-electron chi connectivity index (χ3n) is 5.13. The number of hydrogen-bond donors (Lipinski definition) is 0. The van der Waals surface area contributed by atoms with E-state index in [9.17, 15) is 13.2 Å². The van der Waals surface area contributed by atoms with E-state index in [1.807, 2.05) is 54.6 Å². The maximum atomic E-state index is 13.6. The quantitative estimate of drug-likeness (QED) is 0.644. The van der Waals surface area contributed by atoms with E-state index in [0.29, 0.717) is 17.9 Å². The smallest absolute Gasteiger partial charge is 0.264 e. The number of sulfonamides is 1. The van der Waals surface area contributed by atoms with E-state index in [1.54, 1.807) is 29.2 Å². The fourth-order valence-electron chi connectivity index (χ4n) is 3.63. The Bertz CT molecular complexity index is 1130. The van der Waals surface area contributed by atoms with Gasteiger partial charge in [0.15, 0.2) is 0 Å². The van der Waals surface area contributed by atoms with Crippen LogP contribution in [0.3, 0.4) is 0 Å². The van der Waals surface area contributed by atoms with Crippen LogP contribution in [0.4, 0.5) is 11.4 Å². The SMILES string of the molecule is CC(=O)N1CCc2ccc(S(=O)(=O)N(Cc3ccccc3)c3ccccc3)cc21. The third-order valence-corrected chi connectivity index (χ3v) is 6.90. The molecule has 3 aromatic rings. The predicted molar refractivity (Wildman–Crippen MR) is 114 cm³/mol. The second-order valence-electron chi connectivity index (χ2n) is 7.04. The summed E-state index contributed by atoms with van der Waals surface area (Å²) in [6.07, 6.45) is 0.738. The van der Waals surface area contributed by atoms with Gasteiger partial charge in [-0.05, 0) is 41.8 Å². The van der Waals surface area contributed by atoms with Crippen molar-refractivity contribution >= 4 is 27.3 Å². The zero-order valence-corrected chi connectivity index (χ0v) is 17.0. The van der Waals surface area contributed by atoms with Crippen molar-refractivity contribution in [3.8, 4) is 0 Å². The zero-order chi connectivity index (χ0) is 20.4. The second-order valence-corrected chi connectivity index (χ2v) is 8.91.